The Morgan fingerprint density at radius 1 is 1.27 bits per heavy atom. The van der Waals surface area contributed by atoms with Crippen LogP contribution in [0.15, 0.2) is 18.2 Å². The second-order valence-electron chi connectivity index (χ2n) is 3.95. The number of phenols is 2. The third-order valence-electron chi connectivity index (χ3n) is 2.56. The van der Waals surface area contributed by atoms with Gasteiger partial charge >= 0.3 is 0 Å². The van der Waals surface area contributed by atoms with Gasteiger partial charge in [-0.15, -0.1) is 0 Å². The number of hydrogen-bond acceptors (Lipinski definition) is 4. The van der Waals surface area contributed by atoms with Crippen molar-refractivity contribution in [2.45, 2.75) is 25.0 Å². The van der Waals surface area contributed by atoms with E-state index in [9.17, 15) is 10.2 Å². The predicted molar refractivity (Wildman–Crippen MR) is 55.8 cm³/mol. The number of aliphatic hydroxyl groups excluding tert-OH is 1. The maximum atomic E-state index is 9.76. The molecule has 0 spiro atoms. The molecular weight excluding hydrogens is 194 g/mol. The monoisotopic (exact) mass is 209 g/mol. The maximum absolute atomic E-state index is 9.76. The Hall–Kier alpha value is -1.26. The Balaban J connectivity index is 1.97. The van der Waals surface area contributed by atoms with Gasteiger partial charge in [0.2, 0.25) is 0 Å². The number of phenolic OH excluding ortho intramolecular Hbond substituents is 2. The SMILES string of the molecule is Oc1ccc(C(O)CNC2CC2)cc1O. The molecule has 4 N–H and O–H groups in total. The summed E-state index contributed by atoms with van der Waals surface area (Å²) in [6, 6.07) is 4.92. The van der Waals surface area contributed by atoms with Crippen molar-refractivity contribution in [3.05, 3.63) is 23.8 Å². The predicted octanol–water partition coefficient (Wildman–Crippen LogP) is 0.883. The zero-order valence-corrected chi connectivity index (χ0v) is 8.35. The van der Waals surface area contributed by atoms with E-state index in [-0.39, 0.29) is 11.5 Å². The number of hydrogen-bond donors (Lipinski definition) is 4. The average Bonchev–Trinajstić information content (AvgIpc) is 3.02. The topological polar surface area (TPSA) is 72.7 Å². The quantitative estimate of drug-likeness (QED) is 0.555. The van der Waals surface area contributed by atoms with Gasteiger partial charge in [0.15, 0.2) is 11.5 Å². The molecule has 4 nitrogen and oxygen atoms in total. The molecule has 0 radical (unpaired) electrons. The Morgan fingerprint density at radius 2 is 2.00 bits per heavy atom. The van der Waals surface area contributed by atoms with Crippen LogP contribution >= 0.6 is 0 Å². The fraction of sp³-hybridized carbons (Fsp3) is 0.455. The van der Waals surface area contributed by atoms with Gasteiger partial charge in [-0.05, 0) is 30.5 Å². The van der Waals surface area contributed by atoms with Crippen LogP contribution in [0, 0.1) is 0 Å². The van der Waals surface area contributed by atoms with Crippen LogP contribution in [-0.4, -0.2) is 27.9 Å². The van der Waals surface area contributed by atoms with Gasteiger partial charge in [-0.25, -0.2) is 0 Å². The van der Waals surface area contributed by atoms with E-state index in [1.54, 1.807) is 6.07 Å². The fourth-order valence-corrected chi connectivity index (χ4v) is 1.43. The van der Waals surface area contributed by atoms with Gasteiger partial charge in [0.05, 0.1) is 6.10 Å². The normalized spacial score (nSPS) is 17.7. The molecule has 1 aromatic rings. The Labute approximate surface area is 88.2 Å². The minimum Gasteiger partial charge on any atom is -0.504 e. The van der Waals surface area contributed by atoms with Gasteiger partial charge in [0.25, 0.3) is 0 Å². The van der Waals surface area contributed by atoms with Crippen LogP contribution < -0.4 is 5.32 Å². The van der Waals surface area contributed by atoms with E-state index in [4.69, 9.17) is 5.11 Å². The van der Waals surface area contributed by atoms with Crippen LogP contribution in [0.1, 0.15) is 24.5 Å². The number of rotatable bonds is 4. The van der Waals surface area contributed by atoms with Crippen LogP contribution in [-0.2, 0) is 0 Å². The highest BCUT2D eigenvalue weighted by Gasteiger charge is 2.21. The lowest BCUT2D eigenvalue weighted by Crippen LogP contribution is -2.23. The van der Waals surface area contributed by atoms with Crippen LogP contribution in [0.5, 0.6) is 11.5 Å². The van der Waals surface area contributed by atoms with Gasteiger partial charge in [0.1, 0.15) is 0 Å². The first-order valence-corrected chi connectivity index (χ1v) is 5.10. The van der Waals surface area contributed by atoms with Gasteiger partial charge in [-0.3, -0.25) is 0 Å². The third kappa shape index (κ3) is 2.61. The van der Waals surface area contributed by atoms with Crippen LogP contribution in [0.2, 0.25) is 0 Å². The van der Waals surface area contributed by atoms with Crippen molar-refractivity contribution >= 4 is 0 Å². The Morgan fingerprint density at radius 3 is 2.60 bits per heavy atom. The molecule has 82 valence electrons. The molecule has 1 aliphatic rings. The Kier molecular flexibility index (Phi) is 2.79. The van der Waals surface area contributed by atoms with Gasteiger partial charge in [0, 0.05) is 12.6 Å². The van der Waals surface area contributed by atoms with Crippen molar-refractivity contribution in [3.8, 4) is 11.5 Å². The van der Waals surface area contributed by atoms with Crippen LogP contribution in [0.3, 0.4) is 0 Å². The van der Waals surface area contributed by atoms with E-state index in [2.05, 4.69) is 5.32 Å². The van der Waals surface area contributed by atoms with Crippen molar-refractivity contribution in [2.75, 3.05) is 6.54 Å². The van der Waals surface area contributed by atoms with E-state index in [1.807, 2.05) is 0 Å². The van der Waals surface area contributed by atoms with Crippen LogP contribution in [0.4, 0.5) is 0 Å². The highest BCUT2D eigenvalue weighted by molar-refractivity contribution is 5.41. The molecule has 0 aromatic heterocycles. The van der Waals surface area contributed by atoms with Crippen molar-refractivity contribution in [2.24, 2.45) is 0 Å². The highest BCUT2D eigenvalue weighted by Crippen LogP contribution is 2.28. The van der Waals surface area contributed by atoms with Crippen LogP contribution in [0.25, 0.3) is 0 Å². The fourth-order valence-electron chi connectivity index (χ4n) is 1.43. The molecule has 2 rings (SSSR count). The summed E-state index contributed by atoms with van der Waals surface area (Å²) in [5.41, 5.74) is 0.610. The summed E-state index contributed by atoms with van der Waals surface area (Å²) in [5, 5.41) is 31.3. The molecule has 0 heterocycles. The lowest BCUT2D eigenvalue weighted by molar-refractivity contribution is 0.173. The zero-order chi connectivity index (χ0) is 10.8. The summed E-state index contributed by atoms with van der Waals surface area (Å²) in [6.07, 6.45) is 1.71. The third-order valence-corrected chi connectivity index (χ3v) is 2.56. The second kappa shape index (κ2) is 4.08. The number of aliphatic hydroxyl groups is 1. The summed E-state index contributed by atoms with van der Waals surface area (Å²) < 4.78 is 0. The molecule has 0 saturated heterocycles. The summed E-state index contributed by atoms with van der Waals surface area (Å²) in [4.78, 5) is 0. The molecule has 15 heavy (non-hydrogen) atoms. The highest BCUT2D eigenvalue weighted by atomic mass is 16.3. The standard InChI is InChI=1S/C11H15NO3/c13-9-4-1-7(5-10(9)14)11(15)6-12-8-2-3-8/h1,4-5,8,11-15H,2-3,6H2. The molecule has 1 atom stereocenters. The lowest BCUT2D eigenvalue weighted by atomic mass is 10.1. The first kappa shape index (κ1) is 10.3. The summed E-state index contributed by atoms with van der Waals surface area (Å²) in [5.74, 6) is -0.362. The number of nitrogens with one attached hydrogen (secondary N) is 1. The maximum Gasteiger partial charge on any atom is 0.157 e. The van der Waals surface area contributed by atoms with Crippen molar-refractivity contribution < 1.29 is 15.3 Å². The van der Waals surface area contributed by atoms with Gasteiger partial charge in [-0.1, -0.05) is 6.07 Å². The summed E-state index contributed by atoms with van der Waals surface area (Å²) >= 11 is 0. The van der Waals surface area contributed by atoms with Gasteiger partial charge in [-0.2, -0.15) is 0 Å². The van der Waals surface area contributed by atoms with E-state index >= 15 is 0 Å². The van der Waals surface area contributed by atoms with Crippen molar-refractivity contribution in [1.29, 1.82) is 0 Å². The van der Waals surface area contributed by atoms with E-state index in [0.29, 0.717) is 18.2 Å². The molecule has 0 bridgehead atoms. The molecule has 1 unspecified atom stereocenters. The second-order valence-corrected chi connectivity index (χ2v) is 3.95. The number of benzene rings is 1. The average molecular weight is 209 g/mol. The molecule has 1 fully saturated rings. The van der Waals surface area contributed by atoms with E-state index in [0.717, 1.165) is 0 Å². The smallest absolute Gasteiger partial charge is 0.157 e. The first-order chi connectivity index (χ1) is 7.16. The zero-order valence-electron chi connectivity index (χ0n) is 8.35. The molecule has 1 saturated carbocycles. The molecular formula is C11H15NO3. The summed E-state index contributed by atoms with van der Waals surface area (Å²) in [7, 11) is 0. The van der Waals surface area contributed by atoms with E-state index < -0.39 is 6.10 Å². The summed E-state index contributed by atoms with van der Waals surface area (Å²) in [6.45, 7) is 0.481. The number of aromatic hydroxyl groups is 2. The first-order valence-electron chi connectivity index (χ1n) is 5.10. The largest absolute Gasteiger partial charge is 0.504 e. The molecule has 1 aromatic carbocycles. The minimum atomic E-state index is -0.642. The van der Waals surface area contributed by atoms with Crippen molar-refractivity contribution in [3.63, 3.8) is 0 Å². The Bertz CT molecular complexity index is 350. The molecule has 1 aliphatic carbocycles. The molecule has 0 amide bonds. The minimum absolute atomic E-state index is 0.166. The molecule has 4 heteroatoms. The molecule has 0 aliphatic heterocycles. The van der Waals surface area contributed by atoms with Gasteiger partial charge < -0.3 is 20.6 Å². The lowest BCUT2D eigenvalue weighted by Gasteiger charge is -2.12. The van der Waals surface area contributed by atoms with E-state index in [1.165, 1.54) is 25.0 Å². The van der Waals surface area contributed by atoms with Crippen molar-refractivity contribution in [1.82, 2.24) is 5.32 Å².